The summed E-state index contributed by atoms with van der Waals surface area (Å²) in [4.78, 5) is 4.40. The highest BCUT2D eigenvalue weighted by Gasteiger charge is 2.12. The standard InChI is InChI=1S/C19H18N6O2S.H3N.2H2/c1-26-14-5-4-11-8-13(3-2-12(11)9-14)15-6-7-16(27-15)18-22-19(25-24-18)28-10-17(20)23-21;;;/h2-9H,10,21H2,1H3,(H2,20,23)(H,22,24,25);1H3;2*1H. The first-order chi connectivity index (χ1) is 13.7. The normalized spacial score (nSPS) is 11.4. The summed E-state index contributed by atoms with van der Waals surface area (Å²) in [6.07, 6.45) is 0. The number of fused-ring (bicyclic) bond motifs is 1. The van der Waals surface area contributed by atoms with E-state index >= 15 is 0 Å². The van der Waals surface area contributed by atoms with Crippen LogP contribution < -0.4 is 22.5 Å². The predicted molar refractivity (Wildman–Crippen MR) is 119 cm³/mol. The van der Waals surface area contributed by atoms with E-state index in [1.54, 1.807) is 7.11 Å². The first-order valence-electron chi connectivity index (χ1n) is 8.42. The van der Waals surface area contributed by atoms with Crippen LogP contribution in [-0.4, -0.2) is 33.9 Å². The summed E-state index contributed by atoms with van der Waals surface area (Å²) in [6.45, 7) is 0. The van der Waals surface area contributed by atoms with Crippen molar-refractivity contribution in [3.63, 3.8) is 0 Å². The molecule has 0 atom stereocenters. The molecule has 0 bridgehead atoms. The fourth-order valence-electron chi connectivity index (χ4n) is 2.72. The van der Waals surface area contributed by atoms with Crippen LogP contribution in [0.1, 0.15) is 2.85 Å². The Morgan fingerprint density at radius 2 is 1.93 bits per heavy atom. The Kier molecular flexibility index (Phi) is 6.05. The van der Waals surface area contributed by atoms with Crippen molar-refractivity contribution in [1.82, 2.24) is 21.3 Å². The number of nitrogens with two attached hydrogens (primary N) is 2. The molecular weight excluding hydrogens is 390 g/mol. The second kappa shape index (κ2) is 8.67. The van der Waals surface area contributed by atoms with Gasteiger partial charge in [-0.3, -0.25) is 5.10 Å². The maximum atomic E-state index is 5.97. The average molecular weight is 416 g/mol. The third kappa shape index (κ3) is 4.33. The Balaban J connectivity index is 0.00000160. The number of hydrazone groups is 1. The third-order valence-electron chi connectivity index (χ3n) is 4.15. The number of thioether (sulfide) groups is 1. The number of ether oxygens (including phenoxy) is 1. The number of aromatic amines is 1. The van der Waals surface area contributed by atoms with Crippen LogP contribution in [0.2, 0.25) is 0 Å². The quantitative estimate of drug-likeness (QED) is 0.121. The number of nitrogens with one attached hydrogen (secondary N) is 1. The van der Waals surface area contributed by atoms with Gasteiger partial charge in [0.15, 0.2) is 11.6 Å². The first-order valence-corrected chi connectivity index (χ1v) is 9.40. The van der Waals surface area contributed by atoms with Gasteiger partial charge in [-0.25, -0.2) is 0 Å². The molecule has 8 N–H and O–H groups in total. The van der Waals surface area contributed by atoms with Crippen LogP contribution in [0.15, 0.2) is 63.2 Å². The number of H-pyrrole nitrogens is 1. The molecule has 2 aromatic heterocycles. The Morgan fingerprint density at radius 1 is 1.17 bits per heavy atom. The molecule has 2 aromatic carbocycles. The van der Waals surface area contributed by atoms with Crippen molar-refractivity contribution in [3.8, 4) is 28.7 Å². The summed E-state index contributed by atoms with van der Waals surface area (Å²) >= 11 is 1.33. The van der Waals surface area contributed by atoms with E-state index in [-0.39, 0.29) is 9.00 Å². The summed E-state index contributed by atoms with van der Waals surface area (Å²) in [5.74, 6) is 8.59. The molecule has 0 aliphatic heterocycles. The fraction of sp³-hybridized carbons (Fsp3) is 0.105. The zero-order valence-corrected chi connectivity index (χ0v) is 16.6. The van der Waals surface area contributed by atoms with E-state index in [1.165, 1.54) is 11.8 Å². The molecule has 0 radical (unpaired) electrons. The van der Waals surface area contributed by atoms with Crippen molar-refractivity contribution in [2.45, 2.75) is 5.16 Å². The molecule has 0 aliphatic carbocycles. The molecule has 10 heteroatoms. The lowest BCUT2D eigenvalue weighted by Crippen LogP contribution is -2.16. The zero-order chi connectivity index (χ0) is 19.5. The number of benzene rings is 2. The molecule has 29 heavy (non-hydrogen) atoms. The van der Waals surface area contributed by atoms with Gasteiger partial charge in [0, 0.05) is 8.42 Å². The maximum Gasteiger partial charge on any atom is 0.209 e. The van der Waals surface area contributed by atoms with E-state index in [4.69, 9.17) is 20.7 Å². The van der Waals surface area contributed by atoms with Gasteiger partial charge in [0.2, 0.25) is 5.16 Å². The largest absolute Gasteiger partial charge is 0.497 e. The predicted octanol–water partition coefficient (Wildman–Crippen LogP) is 3.87. The minimum Gasteiger partial charge on any atom is -0.497 e. The summed E-state index contributed by atoms with van der Waals surface area (Å²) in [5.41, 5.74) is 6.55. The van der Waals surface area contributed by atoms with Crippen molar-refractivity contribution in [3.05, 3.63) is 48.5 Å². The lowest BCUT2D eigenvalue weighted by Gasteiger charge is -2.04. The van der Waals surface area contributed by atoms with Crippen molar-refractivity contribution >= 4 is 28.4 Å². The van der Waals surface area contributed by atoms with Crippen molar-refractivity contribution in [2.75, 3.05) is 12.9 Å². The summed E-state index contributed by atoms with van der Waals surface area (Å²) < 4.78 is 11.2. The highest BCUT2D eigenvalue weighted by atomic mass is 32.2. The number of hydrogen-bond acceptors (Lipinski definition) is 8. The van der Waals surface area contributed by atoms with Crippen LogP contribution in [0.5, 0.6) is 5.75 Å². The molecule has 4 rings (SSSR count). The molecular formula is C19H25N7O2S. The second-order valence-corrected chi connectivity index (χ2v) is 6.91. The van der Waals surface area contributed by atoms with Gasteiger partial charge in [-0.15, -0.1) is 5.10 Å². The van der Waals surface area contributed by atoms with E-state index in [0.29, 0.717) is 28.3 Å². The first kappa shape index (κ1) is 20.2. The minimum atomic E-state index is 0. The number of hydrogen-bond donors (Lipinski definition) is 4. The van der Waals surface area contributed by atoms with Gasteiger partial charge in [-0.1, -0.05) is 30.0 Å². The van der Waals surface area contributed by atoms with Crippen LogP contribution in [0.4, 0.5) is 0 Å². The zero-order valence-electron chi connectivity index (χ0n) is 15.8. The van der Waals surface area contributed by atoms with Crippen LogP contribution in [0.3, 0.4) is 0 Å². The average Bonchev–Trinajstić information content (AvgIpc) is 3.40. The van der Waals surface area contributed by atoms with E-state index < -0.39 is 0 Å². The SMILES string of the molecule is COc1ccc2cc(-c3ccc(-c4nc(SC/C(N)=N/N)n[nH]4)o3)ccc2c1.N.[HH].[HH]. The molecule has 0 saturated heterocycles. The fourth-order valence-corrected chi connectivity index (χ4v) is 3.34. The number of furan rings is 1. The smallest absolute Gasteiger partial charge is 0.209 e. The molecule has 0 spiro atoms. The van der Waals surface area contributed by atoms with Gasteiger partial charge in [-0.05, 0) is 41.1 Å². The Hall–Kier alpha value is -3.50. The van der Waals surface area contributed by atoms with E-state index in [0.717, 1.165) is 27.8 Å². The van der Waals surface area contributed by atoms with Gasteiger partial charge in [0.25, 0.3) is 0 Å². The van der Waals surface area contributed by atoms with Crippen LogP contribution in [0.25, 0.3) is 33.7 Å². The molecule has 0 fully saturated rings. The Morgan fingerprint density at radius 3 is 2.72 bits per heavy atom. The van der Waals surface area contributed by atoms with Crippen molar-refractivity contribution in [1.29, 1.82) is 0 Å². The number of nitrogens with zero attached hydrogens (tertiary/aromatic N) is 3. The summed E-state index contributed by atoms with van der Waals surface area (Å²) in [6, 6.07) is 15.9. The lowest BCUT2D eigenvalue weighted by molar-refractivity contribution is 0.415. The number of aromatic nitrogens is 3. The second-order valence-electron chi connectivity index (χ2n) is 5.97. The van der Waals surface area contributed by atoms with Gasteiger partial charge in [0.05, 0.1) is 12.9 Å². The maximum absolute atomic E-state index is 5.97. The number of amidine groups is 1. The van der Waals surface area contributed by atoms with E-state index in [1.807, 2.05) is 42.5 Å². The summed E-state index contributed by atoms with van der Waals surface area (Å²) in [7, 11) is 1.66. The monoisotopic (exact) mass is 415 g/mol. The van der Waals surface area contributed by atoms with Crippen molar-refractivity contribution < 1.29 is 12.0 Å². The van der Waals surface area contributed by atoms with Gasteiger partial charge < -0.3 is 26.9 Å². The molecule has 0 aliphatic rings. The number of rotatable bonds is 6. The molecule has 0 saturated carbocycles. The summed E-state index contributed by atoms with van der Waals surface area (Å²) in [5, 5.41) is 13.2. The minimum absolute atomic E-state index is 0. The molecule has 2 heterocycles. The van der Waals surface area contributed by atoms with E-state index in [9.17, 15) is 0 Å². The molecule has 9 nitrogen and oxygen atoms in total. The van der Waals surface area contributed by atoms with Crippen LogP contribution >= 0.6 is 11.8 Å². The highest BCUT2D eigenvalue weighted by Crippen LogP contribution is 2.30. The van der Waals surface area contributed by atoms with Gasteiger partial charge in [0.1, 0.15) is 17.3 Å². The van der Waals surface area contributed by atoms with Gasteiger partial charge >= 0.3 is 0 Å². The third-order valence-corrected chi connectivity index (χ3v) is 5.03. The lowest BCUT2D eigenvalue weighted by atomic mass is 10.1. The molecule has 0 amide bonds. The highest BCUT2D eigenvalue weighted by molar-refractivity contribution is 7.99. The number of methoxy groups -OCH3 is 1. The topological polar surface area (TPSA) is 163 Å². The molecule has 0 unspecified atom stereocenters. The van der Waals surface area contributed by atoms with E-state index in [2.05, 4.69) is 26.3 Å². The molecule has 4 aromatic rings. The van der Waals surface area contributed by atoms with Crippen molar-refractivity contribution in [2.24, 2.45) is 16.7 Å². The van der Waals surface area contributed by atoms with Crippen LogP contribution in [-0.2, 0) is 0 Å². The Labute approximate surface area is 174 Å². The molecule has 154 valence electrons. The van der Waals surface area contributed by atoms with Crippen LogP contribution in [0, 0.1) is 0 Å². The Bertz CT molecular complexity index is 1160. The van der Waals surface area contributed by atoms with Gasteiger partial charge in [-0.2, -0.15) is 10.1 Å².